The third-order valence-electron chi connectivity index (χ3n) is 3.22. The maximum Gasteiger partial charge on any atom is 0.417 e. The summed E-state index contributed by atoms with van der Waals surface area (Å²) in [5, 5.41) is 0.230. The maximum atomic E-state index is 12.5. The Kier molecular flexibility index (Phi) is 4.16. The first kappa shape index (κ1) is 14.7. The fraction of sp³-hybridized carbons (Fsp3) is 0.583. The molecule has 0 unspecified atom stereocenters. The lowest BCUT2D eigenvalue weighted by atomic mass is 9.84. The number of anilines is 1. The van der Waals surface area contributed by atoms with Crippen molar-refractivity contribution < 1.29 is 13.2 Å². The standard InChI is InChI=1S/C12H13Cl2F3N2/c1-19(6-7-2-9(13)3-7)11-10(14)4-8(5-18-11)12(15,16)17/h4-5,7,9H,2-3,6H2,1H3. The van der Waals surface area contributed by atoms with Gasteiger partial charge in [0.05, 0.1) is 10.6 Å². The minimum atomic E-state index is -4.42. The molecule has 0 saturated heterocycles. The Balaban J connectivity index is 2.08. The summed E-state index contributed by atoms with van der Waals surface area (Å²) in [6, 6.07) is 0.908. The molecule has 2 nitrogen and oxygen atoms in total. The van der Waals surface area contributed by atoms with E-state index in [4.69, 9.17) is 23.2 Å². The van der Waals surface area contributed by atoms with Gasteiger partial charge in [0.25, 0.3) is 0 Å². The quantitative estimate of drug-likeness (QED) is 0.777. The highest BCUT2D eigenvalue weighted by atomic mass is 35.5. The maximum absolute atomic E-state index is 12.5. The highest BCUT2D eigenvalue weighted by Crippen LogP contribution is 2.36. The third-order valence-corrected chi connectivity index (χ3v) is 3.86. The molecule has 0 spiro atoms. The number of rotatable bonds is 3. The molecule has 1 aliphatic carbocycles. The van der Waals surface area contributed by atoms with Gasteiger partial charge < -0.3 is 4.90 Å². The van der Waals surface area contributed by atoms with Crippen LogP contribution in [0.15, 0.2) is 12.3 Å². The SMILES string of the molecule is CN(CC1CC(Cl)C1)c1ncc(C(F)(F)F)cc1Cl. The zero-order chi connectivity index (χ0) is 14.2. The van der Waals surface area contributed by atoms with Crippen molar-refractivity contribution in [2.45, 2.75) is 24.4 Å². The number of aromatic nitrogens is 1. The molecule has 19 heavy (non-hydrogen) atoms. The summed E-state index contributed by atoms with van der Waals surface area (Å²) in [4.78, 5) is 5.59. The van der Waals surface area contributed by atoms with E-state index in [1.54, 1.807) is 11.9 Å². The molecule has 1 saturated carbocycles. The Hall–Kier alpha value is -0.680. The lowest BCUT2D eigenvalue weighted by Crippen LogP contribution is -2.35. The predicted octanol–water partition coefficient (Wildman–Crippen LogP) is 4.21. The van der Waals surface area contributed by atoms with E-state index < -0.39 is 11.7 Å². The summed E-state index contributed by atoms with van der Waals surface area (Å²) < 4.78 is 37.5. The van der Waals surface area contributed by atoms with Crippen LogP contribution >= 0.6 is 23.2 Å². The molecule has 1 aromatic rings. The first-order valence-corrected chi connectivity index (χ1v) is 6.66. The van der Waals surface area contributed by atoms with Crippen LogP contribution in [0.5, 0.6) is 0 Å². The van der Waals surface area contributed by atoms with Gasteiger partial charge in [-0.2, -0.15) is 13.2 Å². The molecule has 0 aromatic carbocycles. The van der Waals surface area contributed by atoms with Crippen LogP contribution < -0.4 is 4.90 Å². The Bertz CT molecular complexity index is 459. The first-order valence-electron chi connectivity index (χ1n) is 5.85. The van der Waals surface area contributed by atoms with Crippen molar-refractivity contribution in [2.24, 2.45) is 5.92 Å². The van der Waals surface area contributed by atoms with Gasteiger partial charge in [-0.15, -0.1) is 11.6 Å². The molecule has 0 N–H and O–H groups in total. The van der Waals surface area contributed by atoms with Gasteiger partial charge in [-0.25, -0.2) is 4.98 Å². The molecule has 1 aliphatic rings. The molecule has 1 heterocycles. The van der Waals surface area contributed by atoms with Crippen LogP contribution in [0, 0.1) is 5.92 Å². The summed E-state index contributed by atoms with van der Waals surface area (Å²) in [7, 11) is 1.77. The van der Waals surface area contributed by atoms with E-state index in [9.17, 15) is 13.2 Å². The number of hydrogen-bond donors (Lipinski definition) is 0. The zero-order valence-electron chi connectivity index (χ0n) is 10.2. The molecular formula is C12H13Cl2F3N2. The molecule has 1 fully saturated rings. The van der Waals surface area contributed by atoms with Gasteiger partial charge >= 0.3 is 6.18 Å². The minimum absolute atomic E-state index is 0.0130. The normalized spacial score (nSPS) is 23.1. The summed E-state index contributed by atoms with van der Waals surface area (Å²) >= 11 is 11.8. The largest absolute Gasteiger partial charge is 0.417 e. The summed E-state index contributed by atoms with van der Waals surface area (Å²) in [5.74, 6) is 0.820. The number of halogens is 5. The van der Waals surface area contributed by atoms with Crippen LogP contribution in [0.4, 0.5) is 19.0 Å². The molecule has 0 amide bonds. The second-order valence-electron chi connectivity index (χ2n) is 4.84. The van der Waals surface area contributed by atoms with Crippen molar-refractivity contribution in [3.8, 4) is 0 Å². The van der Waals surface area contributed by atoms with E-state index >= 15 is 0 Å². The van der Waals surface area contributed by atoms with Crippen molar-refractivity contribution >= 4 is 29.0 Å². The van der Waals surface area contributed by atoms with Gasteiger partial charge in [-0.1, -0.05) is 11.6 Å². The zero-order valence-corrected chi connectivity index (χ0v) is 11.7. The monoisotopic (exact) mass is 312 g/mol. The Morgan fingerprint density at radius 1 is 1.42 bits per heavy atom. The van der Waals surface area contributed by atoms with Crippen molar-refractivity contribution in [2.75, 3.05) is 18.5 Å². The van der Waals surface area contributed by atoms with E-state index in [-0.39, 0.29) is 10.4 Å². The second-order valence-corrected chi connectivity index (χ2v) is 5.87. The third kappa shape index (κ3) is 3.45. The molecule has 1 aromatic heterocycles. The number of nitrogens with zero attached hydrogens (tertiary/aromatic N) is 2. The van der Waals surface area contributed by atoms with Crippen LogP contribution in [0.2, 0.25) is 5.02 Å². The average Bonchev–Trinajstić information content (AvgIpc) is 2.25. The molecule has 106 valence electrons. The summed E-state index contributed by atoms with van der Waals surface area (Å²) in [6.07, 6.45) is -1.77. The van der Waals surface area contributed by atoms with Gasteiger partial charge in [-0.3, -0.25) is 0 Å². The number of alkyl halides is 4. The fourth-order valence-electron chi connectivity index (χ4n) is 2.14. The van der Waals surface area contributed by atoms with Crippen molar-refractivity contribution in [1.29, 1.82) is 0 Å². The molecular weight excluding hydrogens is 300 g/mol. The van der Waals surface area contributed by atoms with Gasteiger partial charge in [0.1, 0.15) is 5.82 Å². The molecule has 0 aliphatic heterocycles. The Morgan fingerprint density at radius 2 is 2.05 bits per heavy atom. The van der Waals surface area contributed by atoms with E-state index in [2.05, 4.69) is 4.98 Å². The van der Waals surface area contributed by atoms with Gasteiger partial charge in [0.15, 0.2) is 0 Å². The summed E-state index contributed by atoms with van der Waals surface area (Å²) in [6.45, 7) is 0.696. The average molecular weight is 313 g/mol. The van der Waals surface area contributed by atoms with Crippen molar-refractivity contribution in [3.05, 3.63) is 22.8 Å². The molecule has 0 radical (unpaired) electrons. The highest BCUT2D eigenvalue weighted by Gasteiger charge is 2.32. The van der Waals surface area contributed by atoms with Gasteiger partial charge in [0, 0.05) is 25.2 Å². The van der Waals surface area contributed by atoms with Crippen molar-refractivity contribution in [3.63, 3.8) is 0 Å². The first-order chi connectivity index (χ1) is 8.77. The highest BCUT2D eigenvalue weighted by molar-refractivity contribution is 6.33. The van der Waals surface area contributed by atoms with Crippen LogP contribution in [0.25, 0.3) is 0 Å². The van der Waals surface area contributed by atoms with Crippen LogP contribution in [-0.4, -0.2) is 24.0 Å². The minimum Gasteiger partial charge on any atom is -0.358 e. The molecule has 0 bridgehead atoms. The summed E-state index contributed by atoms with van der Waals surface area (Å²) in [5.41, 5.74) is -0.834. The van der Waals surface area contributed by atoms with Crippen LogP contribution in [0.3, 0.4) is 0 Å². The van der Waals surface area contributed by atoms with E-state index in [0.717, 1.165) is 25.1 Å². The van der Waals surface area contributed by atoms with Gasteiger partial charge in [0.2, 0.25) is 0 Å². The Labute approximate surface area is 119 Å². The number of hydrogen-bond acceptors (Lipinski definition) is 2. The smallest absolute Gasteiger partial charge is 0.358 e. The van der Waals surface area contributed by atoms with Crippen LogP contribution in [0.1, 0.15) is 18.4 Å². The van der Waals surface area contributed by atoms with Gasteiger partial charge in [-0.05, 0) is 24.8 Å². The second kappa shape index (κ2) is 5.37. The lowest BCUT2D eigenvalue weighted by molar-refractivity contribution is -0.137. The van der Waals surface area contributed by atoms with E-state index in [1.807, 2.05) is 0 Å². The molecule has 2 rings (SSSR count). The number of pyridine rings is 1. The Morgan fingerprint density at radius 3 is 2.53 bits per heavy atom. The van der Waals surface area contributed by atoms with E-state index in [0.29, 0.717) is 18.3 Å². The van der Waals surface area contributed by atoms with E-state index in [1.165, 1.54) is 0 Å². The fourth-order valence-corrected chi connectivity index (χ4v) is 2.96. The molecule has 7 heteroatoms. The predicted molar refractivity (Wildman–Crippen MR) is 69.9 cm³/mol. The topological polar surface area (TPSA) is 16.1 Å². The van der Waals surface area contributed by atoms with Crippen LogP contribution in [-0.2, 0) is 6.18 Å². The lowest BCUT2D eigenvalue weighted by Gasteiger charge is -2.34. The van der Waals surface area contributed by atoms with Crippen molar-refractivity contribution in [1.82, 2.24) is 4.98 Å². The molecule has 0 atom stereocenters.